The third-order valence-electron chi connectivity index (χ3n) is 4.61. The quantitative estimate of drug-likeness (QED) is 0.795. The van der Waals surface area contributed by atoms with Gasteiger partial charge >= 0.3 is 0 Å². The Morgan fingerprint density at radius 1 is 1.41 bits per heavy atom. The number of likely N-dealkylation sites (tertiary alicyclic amines) is 1. The number of nitrogens with zero attached hydrogens (tertiary/aromatic N) is 3. The Hall–Kier alpha value is -2.48. The first kappa shape index (κ1) is 19.3. The van der Waals surface area contributed by atoms with Crippen LogP contribution < -0.4 is 4.74 Å². The number of aliphatic hydroxyl groups is 1. The topological polar surface area (TPSA) is 88.7 Å². The van der Waals surface area contributed by atoms with E-state index in [2.05, 4.69) is 10.1 Å². The van der Waals surface area contributed by atoms with Crippen LogP contribution in [0.2, 0.25) is 0 Å². The van der Waals surface area contributed by atoms with Gasteiger partial charge in [0.2, 0.25) is 11.8 Å². The van der Waals surface area contributed by atoms with Crippen LogP contribution in [0.25, 0.3) is 0 Å². The molecule has 1 aliphatic rings. The number of carbonyl (C=O) groups is 1. The van der Waals surface area contributed by atoms with Gasteiger partial charge in [0.05, 0.1) is 6.54 Å². The maximum atomic E-state index is 12.9. The van der Waals surface area contributed by atoms with Gasteiger partial charge in [0.25, 0.3) is 0 Å². The van der Waals surface area contributed by atoms with Gasteiger partial charge in [0, 0.05) is 25.8 Å². The molecule has 2 heterocycles. The van der Waals surface area contributed by atoms with Crippen LogP contribution in [0.1, 0.15) is 37.9 Å². The van der Waals surface area contributed by atoms with Crippen LogP contribution in [-0.4, -0.2) is 51.4 Å². The van der Waals surface area contributed by atoms with Crippen LogP contribution in [0.5, 0.6) is 5.75 Å². The zero-order valence-corrected chi connectivity index (χ0v) is 15.4. The van der Waals surface area contributed by atoms with Gasteiger partial charge < -0.3 is 19.3 Å². The van der Waals surface area contributed by atoms with Gasteiger partial charge in [-0.2, -0.15) is 4.98 Å². The summed E-state index contributed by atoms with van der Waals surface area (Å²) >= 11 is 0. The number of aromatic nitrogens is 2. The fourth-order valence-corrected chi connectivity index (χ4v) is 3.10. The molecule has 1 atom stereocenters. The lowest BCUT2D eigenvalue weighted by molar-refractivity contribution is -0.140. The maximum Gasteiger partial charge on any atom is 0.227 e. The number of hydrogen-bond donors (Lipinski definition) is 1. The van der Waals surface area contributed by atoms with Crippen molar-refractivity contribution in [3.05, 3.63) is 41.8 Å². The second-order valence-corrected chi connectivity index (χ2v) is 6.84. The molecular weight excluding hydrogens is 353 g/mol. The van der Waals surface area contributed by atoms with Crippen LogP contribution in [-0.2, 0) is 17.6 Å². The van der Waals surface area contributed by atoms with E-state index in [9.17, 15) is 14.3 Å². The highest BCUT2D eigenvalue weighted by atomic mass is 19.1. The minimum atomic E-state index is -1.12. The first-order valence-electron chi connectivity index (χ1n) is 9.17. The molecule has 8 heteroatoms. The normalized spacial score (nSPS) is 19.9. The summed E-state index contributed by atoms with van der Waals surface area (Å²) in [6, 6.07) is 5.63. The summed E-state index contributed by atoms with van der Waals surface area (Å²) in [6.07, 6.45) is 2.55. The fraction of sp³-hybridized carbons (Fsp3) is 0.526. The number of carbonyl (C=O) groups excluding carboxylic acids is 1. The lowest BCUT2D eigenvalue weighted by Crippen LogP contribution is -2.53. The van der Waals surface area contributed by atoms with E-state index >= 15 is 0 Å². The summed E-state index contributed by atoms with van der Waals surface area (Å²) in [5.41, 5.74) is -1.12. The zero-order valence-electron chi connectivity index (χ0n) is 15.4. The lowest BCUT2D eigenvalue weighted by Gasteiger charge is -2.39. The molecule has 1 aliphatic heterocycles. The largest absolute Gasteiger partial charge is 0.491 e. The van der Waals surface area contributed by atoms with Crippen LogP contribution >= 0.6 is 0 Å². The SMILES string of the molecule is CCc1noc(CCC(=O)N2CCCC(O)(COc3ccc(F)cc3)C2)n1. The van der Waals surface area contributed by atoms with Crippen molar-refractivity contribution >= 4 is 5.91 Å². The minimum Gasteiger partial charge on any atom is -0.491 e. The van der Waals surface area contributed by atoms with Crippen LogP contribution in [0.15, 0.2) is 28.8 Å². The van der Waals surface area contributed by atoms with Gasteiger partial charge in [-0.1, -0.05) is 12.1 Å². The second kappa shape index (κ2) is 8.47. The standard InChI is InChI=1S/C19H24FN3O4/c1-2-16-21-17(27-22-16)8-9-18(24)23-11-3-10-19(25,12-23)13-26-15-6-4-14(20)5-7-15/h4-7,25H,2-3,8-13H2,1H3. The average Bonchev–Trinajstić information content (AvgIpc) is 3.14. The molecule has 0 radical (unpaired) electrons. The van der Waals surface area contributed by atoms with Gasteiger partial charge in [0.1, 0.15) is 23.8 Å². The molecule has 1 aromatic heterocycles. The molecule has 0 bridgehead atoms. The van der Waals surface area contributed by atoms with E-state index in [0.29, 0.717) is 49.7 Å². The van der Waals surface area contributed by atoms with E-state index in [1.54, 1.807) is 4.90 Å². The summed E-state index contributed by atoms with van der Waals surface area (Å²) in [4.78, 5) is 18.3. The Morgan fingerprint density at radius 2 is 2.19 bits per heavy atom. The number of aryl methyl sites for hydroxylation is 2. The van der Waals surface area contributed by atoms with Crippen molar-refractivity contribution in [2.75, 3.05) is 19.7 Å². The molecule has 0 spiro atoms. The highest BCUT2D eigenvalue weighted by Crippen LogP contribution is 2.24. The number of piperidine rings is 1. The molecule has 1 saturated heterocycles. The number of amides is 1. The van der Waals surface area contributed by atoms with E-state index in [-0.39, 0.29) is 31.3 Å². The number of β-amino-alcohol motifs (C(OH)–C–C–N with tert-alkyl or cyclic N) is 1. The summed E-state index contributed by atoms with van der Waals surface area (Å²) in [5.74, 6) is 1.15. The predicted octanol–water partition coefficient (Wildman–Crippen LogP) is 2.14. The van der Waals surface area contributed by atoms with Gasteiger partial charge in [-0.05, 0) is 37.1 Å². The molecule has 7 nitrogen and oxygen atoms in total. The Labute approximate surface area is 157 Å². The Bertz CT molecular complexity index is 765. The van der Waals surface area contributed by atoms with Crippen LogP contribution in [0.4, 0.5) is 4.39 Å². The summed E-state index contributed by atoms with van der Waals surface area (Å²) in [6.45, 7) is 2.78. The summed E-state index contributed by atoms with van der Waals surface area (Å²) in [5, 5.41) is 14.6. The predicted molar refractivity (Wildman–Crippen MR) is 94.7 cm³/mol. The number of halogens is 1. The van der Waals surface area contributed by atoms with Gasteiger partial charge in [0.15, 0.2) is 5.82 Å². The highest BCUT2D eigenvalue weighted by Gasteiger charge is 2.36. The van der Waals surface area contributed by atoms with Gasteiger partial charge in [-0.25, -0.2) is 4.39 Å². The molecule has 146 valence electrons. The lowest BCUT2D eigenvalue weighted by atomic mass is 9.93. The molecule has 0 aliphatic carbocycles. The number of benzene rings is 1. The third kappa shape index (κ3) is 5.26. The Kier molecular flexibility index (Phi) is 6.05. The number of rotatable bonds is 7. The highest BCUT2D eigenvalue weighted by molar-refractivity contribution is 5.76. The first-order valence-corrected chi connectivity index (χ1v) is 9.17. The molecule has 3 rings (SSSR count). The van der Waals surface area contributed by atoms with E-state index in [0.717, 1.165) is 0 Å². The molecule has 1 aromatic carbocycles. The fourth-order valence-electron chi connectivity index (χ4n) is 3.10. The molecule has 27 heavy (non-hydrogen) atoms. The monoisotopic (exact) mass is 377 g/mol. The van der Waals surface area contributed by atoms with E-state index in [1.807, 2.05) is 6.92 Å². The third-order valence-corrected chi connectivity index (χ3v) is 4.61. The first-order chi connectivity index (χ1) is 13.0. The van der Waals surface area contributed by atoms with Gasteiger partial charge in [-0.15, -0.1) is 0 Å². The van der Waals surface area contributed by atoms with Crippen molar-refractivity contribution in [3.63, 3.8) is 0 Å². The van der Waals surface area contributed by atoms with E-state index in [1.165, 1.54) is 24.3 Å². The maximum absolute atomic E-state index is 12.9. The molecule has 1 N–H and O–H groups in total. The van der Waals surface area contributed by atoms with Crippen molar-refractivity contribution in [3.8, 4) is 5.75 Å². The number of ether oxygens (including phenoxy) is 1. The van der Waals surface area contributed by atoms with E-state index in [4.69, 9.17) is 9.26 Å². The second-order valence-electron chi connectivity index (χ2n) is 6.84. The molecule has 2 aromatic rings. The van der Waals surface area contributed by atoms with Crippen molar-refractivity contribution in [2.45, 2.75) is 44.6 Å². The van der Waals surface area contributed by atoms with Crippen molar-refractivity contribution in [1.82, 2.24) is 15.0 Å². The Balaban J connectivity index is 1.50. The van der Waals surface area contributed by atoms with Crippen LogP contribution in [0, 0.1) is 5.82 Å². The Morgan fingerprint density at radius 3 is 2.89 bits per heavy atom. The molecule has 0 saturated carbocycles. The number of hydrogen-bond acceptors (Lipinski definition) is 6. The summed E-state index contributed by atoms with van der Waals surface area (Å²) in [7, 11) is 0. The van der Waals surface area contributed by atoms with E-state index < -0.39 is 5.60 Å². The minimum absolute atomic E-state index is 0.0476. The average molecular weight is 377 g/mol. The van der Waals surface area contributed by atoms with Crippen molar-refractivity contribution in [1.29, 1.82) is 0 Å². The van der Waals surface area contributed by atoms with Crippen molar-refractivity contribution < 1.29 is 23.6 Å². The van der Waals surface area contributed by atoms with Crippen LogP contribution in [0.3, 0.4) is 0 Å². The molecule has 1 unspecified atom stereocenters. The molecular formula is C19H24FN3O4. The van der Waals surface area contributed by atoms with Gasteiger partial charge in [-0.3, -0.25) is 4.79 Å². The van der Waals surface area contributed by atoms with Crippen molar-refractivity contribution in [2.24, 2.45) is 0 Å². The smallest absolute Gasteiger partial charge is 0.227 e. The summed E-state index contributed by atoms with van der Waals surface area (Å²) < 4.78 is 23.6. The molecule has 1 fully saturated rings. The molecule has 1 amide bonds. The zero-order chi connectivity index (χ0) is 19.3.